The van der Waals surface area contributed by atoms with Gasteiger partial charge < -0.3 is 14.6 Å². The fraction of sp³-hybridized carbons (Fsp3) is 0.778. The van der Waals surface area contributed by atoms with Crippen LogP contribution in [-0.4, -0.2) is 48.3 Å². The van der Waals surface area contributed by atoms with Crippen LogP contribution in [-0.2, 0) is 16.1 Å². The second-order valence-electron chi connectivity index (χ2n) is 7.76. The second kappa shape index (κ2) is 6.48. The van der Waals surface area contributed by atoms with Crippen LogP contribution in [0.5, 0.6) is 0 Å². The fourth-order valence-electron chi connectivity index (χ4n) is 4.51. The zero-order valence-electron chi connectivity index (χ0n) is 14.5. The van der Waals surface area contributed by atoms with Gasteiger partial charge in [-0.1, -0.05) is 5.16 Å². The van der Waals surface area contributed by atoms with Gasteiger partial charge in [-0.2, -0.15) is 0 Å². The lowest BCUT2D eigenvalue weighted by atomic mass is 9.77. The molecule has 0 radical (unpaired) electrons. The van der Waals surface area contributed by atoms with Gasteiger partial charge in [0, 0.05) is 45.7 Å². The van der Waals surface area contributed by atoms with Crippen molar-refractivity contribution in [2.24, 2.45) is 11.8 Å². The van der Waals surface area contributed by atoms with Gasteiger partial charge in [-0.3, -0.25) is 9.69 Å². The van der Waals surface area contributed by atoms with Crippen molar-refractivity contribution in [1.82, 2.24) is 15.4 Å². The Morgan fingerprint density at radius 2 is 2.12 bits per heavy atom. The Hall–Kier alpha value is -1.40. The van der Waals surface area contributed by atoms with Crippen molar-refractivity contribution in [3.8, 4) is 0 Å². The number of ether oxygens (including phenoxy) is 1. The van der Waals surface area contributed by atoms with E-state index in [4.69, 9.17) is 9.26 Å². The molecular weight excluding hydrogens is 306 g/mol. The summed E-state index contributed by atoms with van der Waals surface area (Å²) < 4.78 is 11.1. The molecular formula is C18H27N3O3. The number of hydrogen-bond acceptors (Lipinski definition) is 5. The summed E-state index contributed by atoms with van der Waals surface area (Å²) in [6, 6.07) is 2.28. The Morgan fingerprint density at radius 3 is 2.79 bits per heavy atom. The minimum Gasteiger partial charge on any atom is -0.379 e. The number of carbonyl (C=O) groups is 1. The minimum absolute atomic E-state index is 0.0329. The summed E-state index contributed by atoms with van der Waals surface area (Å²) in [7, 11) is 1.75. The number of methoxy groups -OCH3 is 1. The molecule has 4 rings (SSSR count). The predicted octanol–water partition coefficient (Wildman–Crippen LogP) is 1.91. The van der Waals surface area contributed by atoms with Gasteiger partial charge in [0.1, 0.15) is 5.76 Å². The van der Waals surface area contributed by atoms with Crippen LogP contribution in [0, 0.1) is 11.8 Å². The molecule has 0 aromatic carbocycles. The lowest BCUT2D eigenvalue weighted by Gasteiger charge is -2.37. The van der Waals surface area contributed by atoms with Gasteiger partial charge in [-0.15, -0.1) is 0 Å². The Labute approximate surface area is 142 Å². The molecule has 0 bridgehead atoms. The van der Waals surface area contributed by atoms with Crippen LogP contribution in [0.2, 0.25) is 0 Å². The zero-order chi connectivity index (χ0) is 16.7. The summed E-state index contributed by atoms with van der Waals surface area (Å²) in [4.78, 5) is 13.9. The third-order valence-electron chi connectivity index (χ3n) is 5.83. The van der Waals surface area contributed by atoms with Gasteiger partial charge in [0.25, 0.3) is 0 Å². The molecule has 1 aliphatic heterocycles. The SMILES string of the molecule is CO[C@@H]1C[C@H]2CN(Cc3cc(C4CC4)on3)C[C@H]2C[C@H]1NC(C)=O. The molecule has 0 unspecified atom stereocenters. The molecule has 0 spiro atoms. The lowest BCUT2D eigenvalue weighted by molar-refractivity contribution is -0.121. The van der Waals surface area contributed by atoms with Crippen molar-refractivity contribution in [3.63, 3.8) is 0 Å². The van der Waals surface area contributed by atoms with E-state index in [1.54, 1.807) is 14.0 Å². The van der Waals surface area contributed by atoms with Crippen LogP contribution in [0.25, 0.3) is 0 Å². The fourth-order valence-corrected chi connectivity index (χ4v) is 4.51. The Balaban J connectivity index is 1.36. The Kier molecular flexibility index (Phi) is 4.35. The van der Waals surface area contributed by atoms with Crippen molar-refractivity contribution in [2.75, 3.05) is 20.2 Å². The molecule has 132 valence electrons. The van der Waals surface area contributed by atoms with Gasteiger partial charge >= 0.3 is 0 Å². The number of fused-ring (bicyclic) bond motifs is 1. The molecule has 1 aromatic rings. The largest absolute Gasteiger partial charge is 0.379 e. The van der Waals surface area contributed by atoms with Gasteiger partial charge in [0.05, 0.1) is 17.8 Å². The van der Waals surface area contributed by atoms with E-state index in [1.165, 1.54) is 12.8 Å². The second-order valence-corrected chi connectivity index (χ2v) is 7.76. The van der Waals surface area contributed by atoms with E-state index in [-0.39, 0.29) is 18.1 Å². The van der Waals surface area contributed by atoms with Crippen LogP contribution >= 0.6 is 0 Å². The molecule has 24 heavy (non-hydrogen) atoms. The number of hydrogen-bond donors (Lipinski definition) is 1. The molecule has 1 saturated heterocycles. The first-order valence-corrected chi connectivity index (χ1v) is 9.10. The molecule has 2 saturated carbocycles. The van der Waals surface area contributed by atoms with E-state index >= 15 is 0 Å². The van der Waals surface area contributed by atoms with E-state index in [2.05, 4.69) is 21.4 Å². The summed E-state index contributed by atoms with van der Waals surface area (Å²) in [6.07, 6.45) is 4.64. The molecule has 6 heteroatoms. The van der Waals surface area contributed by atoms with E-state index in [0.29, 0.717) is 17.8 Å². The zero-order valence-corrected chi connectivity index (χ0v) is 14.5. The Bertz CT molecular complexity index is 598. The van der Waals surface area contributed by atoms with Crippen molar-refractivity contribution < 1.29 is 14.1 Å². The molecule has 2 aliphatic carbocycles. The maximum absolute atomic E-state index is 11.4. The maximum atomic E-state index is 11.4. The normalized spacial score (nSPS) is 33.4. The first kappa shape index (κ1) is 16.1. The number of nitrogens with one attached hydrogen (secondary N) is 1. The maximum Gasteiger partial charge on any atom is 0.217 e. The monoisotopic (exact) mass is 333 g/mol. The van der Waals surface area contributed by atoms with Gasteiger partial charge in [-0.25, -0.2) is 0 Å². The average molecular weight is 333 g/mol. The molecule has 1 N–H and O–H groups in total. The number of nitrogens with zero attached hydrogens (tertiary/aromatic N) is 2. The van der Waals surface area contributed by atoms with Crippen LogP contribution in [0.1, 0.15) is 50.0 Å². The Morgan fingerprint density at radius 1 is 1.38 bits per heavy atom. The molecule has 6 nitrogen and oxygen atoms in total. The highest BCUT2D eigenvalue weighted by atomic mass is 16.5. The van der Waals surface area contributed by atoms with E-state index in [9.17, 15) is 4.79 Å². The highest BCUT2D eigenvalue weighted by Gasteiger charge is 2.42. The van der Waals surface area contributed by atoms with E-state index < -0.39 is 0 Å². The first-order chi connectivity index (χ1) is 11.6. The summed E-state index contributed by atoms with van der Waals surface area (Å²) in [5.74, 6) is 2.99. The van der Waals surface area contributed by atoms with Crippen molar-refractivity contribution in [1.29, 1.82) is 0 Å². The van der Waals surface area contributed by atoms with Gasteiger partial charge in [0.15, 0.2) is 0 Å². The standard InChI is InChI=1S/C18H27N3O3/c1-11(22)19-16-5-13-8-21(9-14(13)6-18(16)23-2)10-15-7-17(24-20-15)12-3-4-12/h7,12-14,16,18H,3-6,8-10H2,1-2H3,(H,19,22)/t13-,14+,16-,18-/m1/s1. The summed E-state index contributed by atoms with van der Waals surface area (Å²) >= 11 is 0. The van der Waals surface area contributed by atoms with E-state index in [1.807, 2.05) is 0 Å². The molecule has 3 aliphatic rings. The third-order valence-corrected chi connectivity index (χ3v) is 5.83. The highest BCUT2D eigenvalue weighted by molar-refractivity contribution is 5.73. The first-order valence-electron chi connectivity index (χ1n) is 9.10. The third kappa shape index (κ3) is 3.35. The molecule has 1 aromatic heterocycles. The van der Waals surface area contributed by atoms with Crippen molar-refractivity contribution in [2.45, 2.75) is 57.2 Å². The molecule has 1 amide bonds. The summed E-state index contributed by atoms with van der Waals surface area (Å²) in [5.41, 5.74) is 1.05. The van der Waals surface area contributed by atoms with Gasteiger partial charge in [-0.05, 0) is 37.5 Å². The average Bonchev–Trinajstić information content (AvgIpc) is 3.17. The summed E-state index contributed by atoms with van der Waals surface area (Å²) in [5, 5.41) is 7.32. The number of carbonyl (C=O) groups excluding carboxylic acids is 1. The topological polar surface area (TPSA) is 67.6 Å². The van der Waals surface area contributed by atoms with Gasteiger partial charge in [0.2, 0.25) is 5.91 Å². The number of rotatable bonds is 5. The smallest absolute Gasteiger partial charge is 0.217 e. The quantitative estimate of drug-likeness (QED) is 0.891. The van der Waals surface area contributed by atoms with E-state index in [0.717, 1.165) is 43.9 Å². The minimum atomic E-state index is 0.0329. The van der Waals surface area contributed by atoms with Crippen LogP contribution in [0.3, 0.4) is 0 Å². The van der Waals surface area contributed by atoms with Crippen molar-refractivity contribution in [3.05, 3.63) is 17.5 Å². The highest BCUT2D eigenvalue weighted by Crippen LogP contribution is 2.41. The number of amides is 1. The van der Waals surface area contributed by atoms with Crippen molar-refractivity contribution >= 4 is 5.91 Å². The summed E-state index contributed by atoms with van der Waals surface area (Å²) in [6.45, 7) is 4.61. The van der Waals surface area contributed by atoms with Crippen LogP contribution in [0.4, 0.5) is 0 Å². The number of likely N-dealkylation sites (tertiary alicyclic amines) is 1. The van der Waals surface area contributed by atoms with Crippen LogP contribution in [0.15, 0.2) is 10.6 Å². The molecule has 2 heterocycles. The lowest BCUT2D eigenvalue weighted by Crippen LogP contribution is -2.49. The van der Waals surface area contributed by atoms with Crippen LogP contribution < -0.4 is 5.32 Å². The predicted molar refractivity (Wildman–Crippen MR) is 88.4 cm³/mol. The number of aromatic nitrogens is 1. The molecule has 4 atom stereocenters. The molecule has 3 fully saturated rings.